The maximum atomic E-state index is 12.1. The quantitative estimate of drug-likeness (QED) is 0.466. The Morgan fingerprint density at radius 3 is 2.00 bits per heavy atom. The first-order chi connectivity index (χ1) is 8.10. The fourth-order valence-electron chi connectivity index (χ4n) is 1.15. The van der Waals surface area contributed by atoms with E-state index in [2.05, 4.69) is 5.92 Å². The molecule has 0 heterocycles. The van der Waals surface area contributed by atoms with Gasteiger partial charge in [0.05, 0.1) is 0 Å². The first-order valence-corrected chi connectivity index (χ1v) is 4.95. The summed E-state index contributed by atoms with van der Waals surface area (Å²) in [5, 5.41) is 1.61. The van der Waals surface area contributed by atoms with Crippen molar-refractivity contribution in [3.63, 3.8) is 0 Å². The van der Waals surface area contributed by atoms with Crippen LogP contribution in [-0.2, 0) is 4.79 Å². The number of hydrogen-bond donors (Lipinski definition) is 1. The van der Waals surface area contributed by atoms with Crippen molar-refractivity contribution in [2.75, 3.05) is 6.54 Å². The molecule has 0 saturated carbocycles. The molecule has 0 aromatic carbocycles. The fourth-order valence-corrected chi connectivity index (χ4v) is 1.15. The zero-order valence-corrected chi connectivity index (χ0v) is 9.16. The molecule has 0 rings (SSSR count). The molecule has 0 aromatic heterocycles. The lowest BCUT2D eigenvalue weighted by molar-refractivity contribution is -0.274. The Hall–Kier alpha value is -1.39. The van der Waals surface area contributed by atoms with Crippen molar-refractivity contribution < 1.29 is 31.1 Å². The summed E-state index contributed by atoms with van der Waals surface area (Å²) in [6.45, 7) is -0.275. The van der Waals surface area contributed by atoms with Crippen molar-refractivity contribution in [1.82, 2.24) is 5.32 Å². The van der Waals surface area contributed by atoms with Crippen LogP contribution in [0.2, 0.25) is 0 Å². The molecule has 1 N–H and O–H groups in total. The van der Waals surface area contributed by atoms with Crippen LogP contribution in [0.25, 0.3) is 0 Å². The largest absolute Gasteiger partial charge is 0.409 e. The molecule has 0 aliphatic rings. The van der Waals surface area contributed by atoms with E-state index in [1.807, 2.05) is 0 Å². The standard InChI is InChI=1S/C10H11F6NO/c1-2-3-4-5-6-17-8(18)7(9(11,12)13)10(14,15)16/h1,7H,3-6H2,(H,17,18). The zero-order chi connectivity index (χ0) is 14.4. The molecule has 0 aliphatic carbocycles. The number of hydrogen-bond acceptors (Lipinski definition) is 1. The lowest BCUT2D eigenvalue weighted by Crippen LogP contribution is -2.48. The maximum Gasteiger partial charge on any atom is 0.409 e. The molecule has 8 heteroatoms. The molecule has 104 valence electrons. The molecule has 0 atom stereocenters. The minimum atomic E-state index is -5.65. The van der Waals surface area contributed by atoms with Gasteiger partial charge in [-0.25, -0.2) is 0 Å². The number of halogens is 6. The third kappa shape index (κ3) is 5.80. The third-order valence-electron chi connectivity index (χ3n) is 1.96. The summed E-state index contributed by atoms with van der Waals surface area (Å²) in [5.41, 5.74) is 0. The van der Waals surface area contributed by atoms with Crippen molar-refractivity contribution in [2.24, 2.45) is 5.92 Å². The van der Waals surface area contributed by atoms with E-state index in [1.165, 1.54) is 0 Å². The second-order valence-corrected chi connectivity index (χ2v) is 3.47. The minimum absolute atomic E-state index is 0.221. The highest BCUT2D eigenvalue weighted by Crippen LogP contribution is 2.39. The van der Waals surface area contributed by atoms with Gasteiger partial charge in [0.25, 0.3) is 0 Å². The van der Waals surface area contributed by atoms with Gasteiger partial charge in [-0.2, -0.15) is 26.3 Å². The Balaban J connectivity index is 4.39. The molecule has 18 heavy (non-hydrogen) atoms. The predicted octanol–water partition coefficient (Wildman–Crippen LogP) is 2.65. The average molecular weight is 275 g/mol. The topological polar surface area (TPSA) is 29.1 Å². The number of terminal acetylenes is 1. The monoisotopic (exact) mass is 275 g/mol. The number of carbonyl (C=O) groups excluding carboxylic acids is 1. The van der Waals surface area contributed by atoms with Gasteiger partial charge in [-0.3, -0.25) is 4.79 Å². The van der Waals surface area contributed by atoms with E-state index in [1.54, 1.807) is 5.32 Å². The van der Waals surface area contributed by atoms with Gasteiger partial charge < -0.3 is 5.32 Å². The first-order valence-electron chi connectivity index (χ1n) is 4.95. The van der Waals surface area contributed by atoms with E-state index < -0.39 is 24.2 Å². The molecular weight excluding hydrogens is 264 g/mol. The number of unbranched alkanes of at least 4 members (excludes halogenated alkanes) is 2. The predicted molar refractivity (Wildman–Crippen MR) is 51.3 cm³/mol. The average Bonchev–Trinajstić information content (AvgIpc) is 2.12. The second-order valence-electron chi connectivity index (χ2n) is 3.47. The third-order valence-corrected chi connectivity index (χ3v) is 1.96. The molecule has 0 saturated heterocycles. The van der Waals surface area contributed by atoms with Crippen LogP contribution < -0.4 is 5.32 Å². The molecule has 1 amide bonds. The summed E-state index contributed by atoms with van der Waals surface area (Å²) >= 11 is 0. The van der Waals surface area contributed by atoms with Crippen LogP contribution in [0.1, 0.15) is 19.3 Å². The SMILES string of the molecule is C#CCCCCNC(=O)C(C(F)(F)F)C(F)(F)F. The number of rotatable bonds is 5. The molecule has 0 aromatic rings. The summed E-state index contributed by atoms with van der Waals surface area (Å²) < 4.78 is 72.5. The summed E-state index contributed by atoms with van der Waals surface area (Å²) in [7, 11) is 0. The lowest BCUT2D eigenvalue weighted by atomic mass is 10.1. The summed E-state index contributed by atoms with van der Waals surface area (Å²) in [5.74, 6) is -3.82. The van der Waals surface area contributed by atoms with Gasteiger partial charge in [0.2, 0.25) is 11.8 Å². The molecule has 0 fully saturated rings. The van der Waals surface area contributed by atoms with Crippen molar-refractivity contribution in [1.29, 1.82) is 0 Å². The summed E-state index contributed by atoms with van der Waals surface area (Å²) in [6.07, 6.45) is -5.42. The van der Waals surface area contributed by atoms with Gasteiger partial charge in [-0.05, 0) is 12.8 Å². The van der Waals surface area contributed by atoms with Gasteiger partial charge in [-0.1, -0.05) is 0 Å². The zero-order valence-electron chi connectivity index (χ0n) is 9.16. The van der Waals surface area contributed by atoms with Gasteiger partial charge in [0, 0.05) is 13.0 Å². The second kappa shape index (κ2) is 6.52. The molecule has 0 radical (unpaired) electrons. The van der Waals surface area contributed by atoms with Crippen LogP contribution in [-0.4, -0.2) is 24.8 Å². The highest BCUT2D eigenvalue weighted by atomic mass is 19.4. The van der Waals surface area contributed by atoms with Crippen molar-refractivity contribution in [3.05, 3.63) is 0 Å². The van der Waals surface area contributed by atoms with Crippen molar-refractivity contribution in [2.45, 2.75) is 31.6 Å². The van der Waals surface area contributed by atoms with Gasteiger partial charge in [0.1, 0.15) is 0 Å². The smallest absolute Gasteiger partial charge is 0.355 e. The summed E-state index contributed by atoms with van der Waals surface area (Å²) in [6, 6.07) is 0. The van der Waals surface area contributed by atoms with Crippen LogP contribution in [0.5, 0.6) is 0 Å². The van der Waals surface area contributed by atoms with Gasteiger partial charge in [-0.15, -0.1) is 12.3 Å². The maximum absolute atomic E-state index is 12.1. The highest BCUT2D eigenvalue weighted by molar-refractivity contribution is 5.80. The Labute approximate surface area is 99.7 Å². The Morgan fingerprint density at radius 2 is 1.61 bits per heavy atom. The number of nitrogens with one attached hydrogen (secondary N) is 1. The molecule has 0 bridgehead atoms. The molecular formula is C10H11F6NO. The Kier molecular flexibility index (Phi) is 6.01. The van der Waals surface area contributed by atoms with Crippen molar-refractivity contribution in [3.8, 4) is 12.3 Å². The molecule has 2 nitrogen and oxygen atoms in total. The van der Waals surface area contributed by atoms with Crippen LogP contribution in [0.3, 0.4) is 0 Å². The van der Waals surface area contributed by atoms with Crippen LogP contribution >= 0.6 is 0 Å². The molecule has 0 unspecified atom stereocenters. The van der Waals surface area contributed by atoms with E-state index >= 15 is 0 Å². The van der Waals surface area contributed by atoms with E-state index in [4.69, 9.17) is 6.42 Å². The lowest BCUT2D eigenvalue weighted by Gasteiger charge is -2.21. The van der Waals surface area contributed by atoms with Crippen LogP contribution in [0.15, 0.2) is 0 Å². The van der Waals surface area contributed by atoms with Crippen LogP contribution in [0, 0.1) is 18.3 Å². The molecule has 0 aliphatic heterocycles. The van der Waals surface area contributed by atoms with Gasteiger partial charge in [0.15, 0.2) is 0 Å². The Morgan fingerprint density at radius 1 is 1.11 bits per heavy atom. The van der Waals surface area contributed by atoms with E-state index in [0.29, 0.717) is 12.8 Å². The van der Waals surface area contributed by atoms with Crippen LogP contribution in [0.4, 0.5) is 26.3 Å². The van der Waals surface area contributed by atoms with E-state index in [0.717, 1.165) is 0 Å². The molecule has 0 spiro atoms. The van der Waals surface area contributed by atoms with Crippen molar-refractivity contribution >= 4 is 5.91 Å². The fraction of sp³-hybridized carbons (Fsp3) is 0.700. The van der Waals surface area contributed by atoms with Gasteiger partial charge >= 0.3 is 12.4 Å². The summed E-state index contributed by atoms with van der Waals surface area (Å²) in [4.78, 5) is 10.9. The highest BCUT2D eigenvalue weighted by Gasteiger charge is 2.60. The first kappa shape index (κ1) is 16.6. The minimum Gasteiger partial charge on any atom is -0.355 e. The Bertz CT molecular complexity index is 300. The van der Waals surface area contributed by atoms with E-state index in [9.17, 15) is 31.1 Å². The number of alkyl halides is 6. The normalized spacial score (nSPS) is 12.3. The number of carbonyl (C=O) groups is 1. The van der Waals surface area contributed by atoms with E-state index in [-0.39, 0.29) is 13.0 Å². The number of amides is 1.